The van der Waals surface area contributed by atoms with Gasteiger partial charge in [0.15, 0.2) is 19.1 Å². The van der Waals surface area contributed by atoms with Crippen molar-refractivity contribution in [3.63, 3.8) is 0 Å². The van der Waals surface area contributed by atoms with Crippen LogP contribution in [-0.2, 0) is 35.3 Å². The van der Waals surface area contributed by atoms with Gasteiger partial charge in [-0.1, -0.05) is 27.7 Å². The molecule has 0 aliphatic carbocycles. The second kappa shape index (κ2) is 11.6. The number of carbonyl (C=O) groups excluding carboxylic acids is 3. The number of halogens is 1. The molecular formula is C24H28FN3O10. The van der Waals surface area contributed by atoms with Gasteiger partial charge in [0.25, 0.3) is 11.4 Å². The van der Waals surface area contributed by atoms with Gasteiger partial charge in [-0.3, -0.25) is 23.9 Å². The van der Waals surface area contributed by atoms with Crippen molar-refractivity contribution in [1.82, 2.24) is 14.1 Å². The number of aliphatic hydroxyl groups excluding tert-OH is 1. The maximum atomic E-state index is 15.7. The molecule has 3 heterocycles. The smallest absolute Gasteiger partial charge is 0.341 e. The van der Waals surface area contributed by atoms with E-state index in [1.165, 1.54) is 52.2 Å². The Balaban J connectivity index is 2.00. The SMILES string of the molecule is CC(C)C(=O)O[C@H]1[C@H](n2ccc(=O)n(COC(=O)c3cccnc3)c2=O)O[C@](F)(CO)[C@H]1OC(=O)C(C)C. The van der Waals surface area contributed by atoms with Crippen molar-refractivity contribution in [2.75, 3.05) is 6.61 Å². The normalized spacial score (nSPS) is 22.9. The number of nitrogens with zero attached hydrogens (tertiary/aromatic N) is 3. The molecule has 206 valence electrons. The summed E-state index contributed by atoms with van der Waals surface area (Å²) < 4.78 is 37.9. The van der Waals surface area contributed by atoms with Gasteiger partial charge in [0.2, 0.25) is 6.10 Å². The third-order valence-corrected chi connectivity index (χ3v) is 5.57. The minimum atomic E-state index is -3.07. The average molecular weight is 537 g/mol. The second-order valence-electron chi connectivity index (χ2n) is 9.10. The van der Waals surface area contributed by atoms with Crippen LogP contribution in [0, 0.1) is 11.8 Å². The van der Waals surface area contributed by atoms with E-state index < -0.39 is 78.6 Å². The van der Waals surface area contributed by atoms with Crippen molar-refractivity contribution < 1.29 is 42.8 Å². The summed E-state index contributed by atoms with van der Waals surface area (Å²) in [7, 11) is 0. The first-order valence-corrected chi connectivity index (χ1v) is 11.7. The molecule has 1 N–H and O–H groups in total. The fourth-order valence-electron chi connectivity index (χ4n) is 3.41. The zero-order chi connectivity index (χ0) is 28.2. The highest BCUT2D eigenvalue weighted by atomic mass is 19.2. The molecular weight excluding hydrogens is 509 g/mol. The number of pyridine rings is 1. The van der Waals surface area contributed by atoms with Crippen molar-refractivity contribution >= 4 is 17.9 Å². The minimum Gasteiger partial charge on any atom is -0.453 e. The molecule has 0 radical (unpaired) electrons. The zero-order valence-corrected chi connectivity index (χ0v) is 21.1. The molecule has 0 unspecified atom stereocenters. The topological polar surface area (TPSA) is 165 Å². The maximum Gasteiger partial charge on any atom is 0.341 e. The highest BCUT2D eigenvalue weighted by molar-refractivity contribution is 5.88. The molecule has 0 bridgehead atoms. The van der Waals surface area contributed by atoms with Crippen LogP contribution in [0.2, 0.25) is 0 Å². The van der Waals surface area contributed by atoms with Gasteiger partial charge >= 0.3 is 23.6 Å². The van der Waals surface area contributed by atoms with Gasteiger partial charge in [0, 0.05) is 24.7 Å². The molecule has 1 aliphatic rings. The molecule has 1 fully saturated rings. The fourth-order valence-corrected chi connectivity index (χ4v) is 3.41. The first kappa shape index (κ1) is 28.7. The number of esters is 3. The van der Waals surface area contributed by atoms with E-state index in [1.54, 1.807) is 0 Å². The number of aliphatic hydroxyl groups is 1. The molecule has 0 amide bonds. The van der Waals surface area contributed by atoms with Gasteiger partial charge in [-0.15, -0.1) is 0 Å². The lowest BCUT2D eigenvalue weighted by Crippen LogP contribution is -2.48. The molecule has 2 aromatic rings. The second-order valence-corrected chi connectivity index (χ2v) is 9.10. The summed E-state index contributed by atoms with van der Waals surface area (Å²) in [5.74, 6) is -7.05. The molecule has 1 saturated heterocycles. The minimum absolute atomic E-state index is 0.0663. The van der Waals surface area contributed by atoms with Gasteiger partial charge in [-0.25, -0.2) is 18.5 Å². The summed E-state index contributed by atoms with van der Waals surface area (Å²) in [4.78, 5) is 66.4. The van der Waals surface area contributed by atoms with Crippen LogP contribution in [0.5, 0.6) is 0 Å². The Labute approximate surface area is 215 Å². The van der Waals surface area contributed by atoms with Crippen LogP contribution in [-0.4, -0.2) is 61.8 Å². The molecule has 0 spiro atoms. The number of ether oxygens (including phenoxy) is 4. The van der Waals surface area contributed by atoms with Crippen molar-refractivity contribution in [3.05, 3.63) is 63.2 Å². The number of hydrogen-bond acceptors (Lipinski definition) is 11. The molecule has 4 atom stereocenters. The molecule has 13 nitrogen and oxygen atoms in total. The lowest BCUT2D eigenvalue weighted by atomic mass is 10.1. The van der Waals surface area contributed by atoms with Crippen molar-refractivity contribution in [1.29, 1.82) is 0 Å². The van der Waals surface area contributed by atoms with E-state index in [1.807, 2.05) is 0 Å². The lowest BCUT2D eigenvalue weighted by Gasteiger charge is -2.27. The van der Waals surface area contributed by atoms with E-state index in [0.29, 0.717) is 9.13 Å². The van der Waals surface area contributed by atoms with Gasteiger partial charge < -0.3 is 24.1 Å². The Kier molecular flexibility index (Phi) is 8.78. The monoisotopic (exact) mass is 537 g/mol. The highest BCUT2D eigenvalue weighted by Crippen LogP contribution is 2.41. The van der Waals surface area contributed by atoms with Gasteiger partial charge in [-0.2, -0.15) is 0 Å². The quantitative estimate of drug-likeness (QED) is 0.350. The van der Waals surface area contributed by atoms with E-state index in [9.17, 15) is 29.1 Å². The van der Waals surface area contributed by atoms with E-state index in [-0.39, 0.29) is 5.56 Å². The first-order chi connectivity index (χ1) is 17.9. The largest absolute Gasteiger partial charge is 0.453 e. The van der Waals surface area contributed by atoms with Crippen LogP contribution >= 0.6 is 0 Å². The number of carbonyl (C=O) groups is 3. The summed E-state index contributed by atoms with van der Waals surface area (Å²) in [5, 5.41) is 9.76. The number of aromatic nitrogens is 3. The van der Waals surface area contributed by atoms with Crippen LogP contribution in [0.4, 0.5) is 4.39 Å². The van der Waals surface area contributed by atoms with Crippen LogP contribution in [0.25, 0.3) is 0 Å². The van der Waals surface area contributed by atoms with E-state index >= 15 is 4.39 Å². The summed E-state index contributed by atoms with van der Waals surface area (Å²) in [6, 6.07) is 3.81. The van der Waals surface area contributed by atoms with E-state index in [4.69, 9.17) is 18.9 Å². The molecule has 0 saturated carbocycles. The molecule has 3 rings (SSSR count). The molecule has 14 heteroatoms. The molecule has 0 aromatic carbocycles. The maximum absolute atomic E-state index is 15.7. The Morgan fingerprint density at radius 3 is 2.37 bits per heavy atom. The third-order valence-electron chi connectivity index (χ3n) is 5.57. The van der Waals surface area contributed by atoms with Crippen LogP contribution < -0.4 is 11.2 Å². The predicted molar refractivity (Wildman–Crippen MR) is 125 cm³/mol. The Bertz CT molecular complexity index is 1290. The molecule has 38 heavy (non-hydrogen) atoms. The van der Waals surface area contributed by atoms with E-state index in [0.717, 1.165) is 12.3 Å². The van der Waals surface area contributed by atoms with Crippen LogP contribution in [0.15, 0.2) is 46.4 Å². The summed E-state index contributed by atoms with van der Waals surface area (Å²) in [6.07, 6.45) is -1.84. The van der Waals surface area contributed by atoms with Gasteiger partial charge in [-0.05, 0) is 12.1 Å². The summed E-state index contributed by atoms with van der Waals surface area (Å²) >= 11 is 0. The number of alkyl halides is 1. The van der Waals surface area contributed by atoms with Crippen LogP contribution in [0.3, 0.4) is 0 Å². The summed E-state index contributed by atoms with van der Waals surface area (Å²) in [5.41, 5.74) is -1.92. The molecule has 2 aromatic heterocycles. The fraction of sp³-hybridized carbons (Fsp3) is 0.500. The number of hydrogen-bond donors (Lipinski definition) is 1. The van der Waals surface area contributed by atoms with Crippen LogP contribution in [0.1, 0.15) is 44.3 Å². The average Bonchev–Trinajstić information content (AvgIpc) is 3.15. The highest BCUT2D eigenvalue weighted by Gasteiger charge is 2.61. The summed E-state index contributed by atoms with van der Waals surface area (Å²) in [6.45, 7) is 3.84. The Hall–Kier alpha value is -3.91. The predicted octanol–water partition coefficient (Wildman–Crippen LogP) is 0.542. The van der Waals surface area contributed by atoms with E-state index in [2.05, 4.69) is 4.98 Å². The van der Waals surface area contributed by atoms with Gasteiger partial charge in [0.1, 0.15) is 6.61 Å². The number of rotatable bonds is 9. The Morgan fingerprint density at radius 1 is 1.13 bits per heavy atom. The lowest BCUT2D eigenvalue weighted by molar-refractivity contribution is -0.219. The van der Waals surface area contributed by atoms with Gasteiger partial charge in [0.05, 0.1) is 17.4 Å². The zero-order valence-electron chi connectivity index (χ0n) is 21.1. The van der Waals surface area contributed by atoms with Crippen molar-refractivity contribution in [2.24, 2.45) is 11.8 Å². The van der Waals surface area contributed by atoms with Crippen molar-refractivity contribution in [3.8, 4) is 0 Å². The third kappa shape index (κ3) is 5.97. The Morgan fingerprint density at radius 2 is 1.79 bits per heavy atom. The standard InChI is InChI=1S/C24H28FN3O10/c1-13(2)20(31)36-17-18(37-21(32)14(3)4)24(25,11-29)38-19(17)27-9-7-16(30)28(23(27)34)12-35-22(33)15-6-5-8-26-10-15/h5-10,13-14,17-19,29H,11-12H2,1-4H3/t17-,18+,19-,24-/m1/s1. The van der Waals surface area contributed by atoms with Crippen molar-refractivity contribution in [2.45, 2.75) is 58.7 Å². The molecule has 1 aliphatic heterocycles. The first-order valence-electron chi connectivity index (χ1n) is 11.7.